The lowest BCUT2D eigenvalue weighted by molar-refractivity contribution is 0.0600. The molecular formula is C23H20ClN3O4S. The number of hydrogen-bond donors (Lipinski definition) is 2. The zero-order valence-electron chi connectivity index (χ0n) is 17.1. The summed E-state index contributed by atoms with van der Waals surface area (Å²) >= 11 is 7.11. The third-order valence-electron chi connectivity index (χ3n) is 4.83. The lowest BCUT2D eigenvalue weighted by atomic mass is 10.0. The van der Waals surface area contributed by atoms with Crippen molar-refractivity contribution < 1.29 is 19.2 Å². The summed E-state index contributed by atoms with van der Waals surface area (Å²) < 4.78 is 5.28. The molecule has 1 aliphatic heterocycles. The van der Waals surface area contributed by atoms with E-state index in [1.807, 2.05) is 36.4 Å². The van der Waals surface area contributed by atoms with Gasteiger partial charge in [-0.05, 0) is 54.1 Å². The number of oxime groups is 1. The number of esters is 1. The fourth-order valence-corrected chi connectivity index (χ4v) is 4.12. The first-order valence-electron chi connectivity index (χ1n) is 9.84. The predicted molar refractivity (Wildman–Crippen MR) is 125 cm³/mol. The Morgan fingerprint density at radius 1 is 1.09 bits per heavy atom. The highest BCUT2D eigenvalue weighted by atomic mass is 35.5. The van der Waals surface area contributed by atoms with Crippen LogP contribution in [0, 0.1) is 0 Å². The highest BCUT2D eigenvalue weighted by Gasteiger charge is 2.23. The van der Waals surface area contributed by atoms with Gasteiger partial charge in [-0.1, -0.05) is 28.9 Å². The van der Waals surface area contributed by atoms with E-state index in [-0.39, 0.29) is 18.0 Å². The molecule has 0 saturated heterocycles. The van der Waals surface area contributed by atoms with Crippen LogP contribution >= 0.6 is 22.9 Å². The molecule has 2 N–H and O–H groups in total. The Morgan fingerprint density at radius 2 is 1.78 bits per heavy atom. The standard InChI is InChI=1S/C23H20ClN3O4S/c1-30-23(29)15-4-8-17(9-5-15)26-16-6-2-14(3-7-16)19-12-18(31-27-19)13-25-22(28)20-10-11-21(24)32-20/h2-11,18,26H,12-13H2,1H3,(H,25,28). The number of halogens is 1. The highest BCUT2D eigenvalue weighted by molar-refractivity contribution is 7.18. The van der Waals surface area contributed by atoms with Gasteiger partial charge >= 0.3 is 5.97 Å². The monoisotopic (exact) mass is 469 g/mol. The molecule has 0 fully saturated rings. The summed E-state index contributed by atoms with van der Waals surface area (Å²) in [5, 5.41) is 10.3. The molecule has 4 rings (SSSR count). The Morgan fingerprint density at radius 3 is 2.41 bits per heavy atom. The Hall–Kier alpha value is -3.36. The molecule has 32 heavy (non-hydrogen) atoms. The number of thiophene rings is 1. The molecular weight excluding hydrogens is 450 g/mol. The van der Waals surface area contributed by atoms with Crippen molar-refractivity contribution >= 4 is 51.9 Å². The molecule has 1 unspecified atom stereocenters. The number of nitrogens with zero attached hydrogens (tertiary/aromatic N) is 1. The van der Waals surface area contributed by atoms with Crippen LogP contribution < -0.4 is 10.6 Å². The predicted octanol–water partition coefficient (Wildman–Crippen LogP) is 4.85. The molecule has 1 amide bonds. The molecule has 0 aliphatic carbocycles. The lowest BCUT2D eigenvalue weighted by Crippen LogP contribution is -2.31. The van der Waals surface area contributed by atoms with Crippen LogP contribution in [0.5, 0.6) is 0 Å². The minimum Gasteiger partial charge on any atom is -0.465 e. The van der Waals surface area contributed by atoms with Gasteiger partial charge in [-0.2, -0.15) is 0 Å². The van der Waals surface area contributed by atoms with E-state index in [1.165, 1.54) is 18.4 Å². The number of methoxy groups -OCH3 is 1. The third-order valence-corrected chi connectivity index (χ3v) is 6.06. The molecule has 7 nitrogen and oxygen atoms in total. The fraction of sp³-hybridized carbons (Fsp3) is 0.174. The van der Waals surface area contributed by atoms with Crippen LogP contribution in [-0.2, 0) is 9.57 Å². The van der Waals surface area contributed by atoms with Gasteiger partial charge in [0.15, 0.2) is 0 Å². The number of ether oxygens (including phenoxy) is 1. The maximum atomic E-state index is 12.1. The van der Waals surface area contributed by atoms with Crippen LogP contribution in [0.3, 0.4) is 0 Å². The van der Waals surface area contributed by atoms with E-state index in [0.29, 0.717) is 27.7 Å². The molecule has 9 heteroatoms. The first-order valence-corrected chi connectivity index (χ1v) is 11.0. The van der Waals surface area contributed by atoms with Gasteiger partial charge in [0, 0.05) is 17.8 Å². The van der Waals surface area contributed by atoms with Crippen LogP contribution in [0.4, 0.5) is 11.4 Å². The van der Waals surface area contributed by atoms with E-state index < -0.39 is 0 Å². The molecule has 0 bridgehead atoms. The zero-order chi connectivity index (χ0) is 22.5. The van der Waals surface area contributed by atoms with Gasteiger partial charge in [-0.3, -0.25) is 4.79 Å². The molecule has 0 saturated carbocycles. The van der Waals surface area contributed by atoms with E-state index in [1.54, 1.807) is 24.3 Å². The molecule has 1 atom stereocenters. The number of carbonyl (C=O) groups is 2. The van der Waals surface area contributed by atoms with E-state index in [4.69, 9.17) is 21.2 Å². The average molecular weight is 470 g/mol. The normalized spacial score (nSPS) is 14.9. The molecule has 164 valence electrons. The van der Waals surface area contributed by atoms with Crippen molar-refractivity contribution in [1.29, 1.82) is 0 Å². The van der Waals surface area contributed by atoms with Gasteiger partial charge in [0.2, 0.25) is 0 Å². The summed E-state index contributed by atoms with van der Waals surface area (Å²) in [6.45, 7) is 0.364. The number of amides is 1. The first-order chi connectivity index (χ1) is 15.5. The van der Waals surface area contributed by atoms with E-state index in [9.17, 15) is 9.59 Å². The maximum absolute atomic E-state index is 12.1. The van der Waals surface area contributed by atoms with Gasteiger partial charge in [0.25, 0.3) is 5.91 Å². The van der Waals surface area contributed by atoms with Gasteiger partial charge < -0.3 is 20.2 Å². The van der Waals surface area contributed by atoms with Crippen LogP contribution in [0.1, 0.15) is 32.0 Å². The zero-order valence-corrected chi connectivity index (χ0v) is 18.7. The summed E-state index contributed by atoms with van der Waals surface area (Å²) in [5.74, 6) is -0.539. The number of benzene rings is 2. The Balaban J connectivity index is 1.28. The van der Waals surface area contributed by atoms with E-state index in [2.05, 4.69) is 15.8 Å². The van der Waals surface area contributed by atoms with Crippen LogP contribution in [0.15, 0.2) is 65.8 Å². The number of carbonyl (C=O) groups excluding carboxylic acids is 2. The Labute approximate surface area is 194 Å². The second-order valence-electron chi connectivity index (χ2n) is 7.05. The molecule has 3 aromatic rings. The van der Waals surface area contributed by atoms with Crippen molar-refractivity contribution in [3.05, 3.63) is 81.0 Å². The molecule has 1 aromatic heterocycles. The summed E-state index contributed by atoms with van der Waals surface area (Å²) in [5.41, 5.74) is 4.04. The van der Waals surface area contributed by atoms with Gasteiger partial charge in [-0.15, -0.1) is 11.3 Å². The van der Waals surface area contributed by atoms with Crippen LogP contribution in [0.25, 0.3) is 0 Å². The molecule has 0 radical (unpaired) electrons. The first kappa shape index (κ1) is 21.9. The van der Waals surface area contributed by atoms with Crippen molar-refractivity contribution in [2.75, 3.05) is 19.0 Å². The van der Waals surface area contributed by atoms with Gasteiger partial charge in [-0.25, -0.2) is 4.79 Å². The van der Waals surface area contributed by atoms with Gasteiger partial charge in [0.05, 0.1) is 34.1 Å². The maximum Gasteiger partial charge on any atom is 0.337 e. The topological polar surface area (TPSA) is 89.0 Å². The fourth-order valence-electron chi connectivity index (χ4n) is 3.16. The summed E-state index contributed by atoms with van der Waals surface area (Å²) in [6, 6.07) is 18.3. The molecule has 0 spiro atoms. The number of anilines is 2. The van der Waals surface area contributed by atoms with Crippen molar-refractivity contribution in [3.8, 4) is 0 Å². The Kier molecular flexibility index (Phi) is 6.72. The minimum atomic E-state index is -0.366. The summed E-state index contributed by atoms with van der Waals surface area (Å²) in [4.78, 5) is 29.7. The second-order valence-corrected chi connectivity index (χ2v) is 8.77. The number of nitrogens with one attached hydrogen (secondary N) is 2. The lowest BCUT2D eigenvalue weighted by Gasteiger charge is -2.09. The van der Waals surface area contributed by atoms with Crippen LogP contribution in [-0.4, -0.2) is 37.3 Å². The second kappa shape index (κ2) is 9.84. The molecule has 2 aromatic carbocycles. The van der Waals surface area contributed by atoms with Gasteiger partial charge in [0.1, 0.15) is 6.10 Å². The highest BCUT2D eigenvalue weighted by Crippen LogP contribution is 2.23. The Bertz CT molecular complexity index is 1140. The minimum absolute atomic E-state index is 0.172. The van der Waals surface area contributed by atoms with E-state index >= 15 is 0 Å². The van der Waals surface area contributed by atoms with Crippen molar-refractivity contribution in [3.63, 3.8) is 0 Å². The number of hydrogen-bond acceptors (Lipinski definition) is 7. The van der Waals surface area contributed by atoms with Crippen LogP contribution in [0.2, 0.25) is 4.34 Å². The smallest absolute Gasteiger partial charge is 0.337 e. The molecule has 1 aliphatic rings. The molecule has 2 heterocycles. The number of rotatable bonds is 7. The summed E-state index contributed by atoms with van der Waals surface area (Å²) in [7, 11) is 1.36. The van der Waals surface area contributed by atoms with Crippen molar-refractivity contribution in [2.24, 2.45) is 5.16 Å². The van der Waals surface area contributed by atoms with E-state index in [0.717, 1.165) is 22.6 Å². The van der Waals surface area contributed by atoms with Crippen molar-refractivity contribution in [1.82, 2.24) is 5.32 Å². The average Bonchev–Trinajstić information content (AvgIpc) is 3.47. The third kappa shape index (κ3) is 5.27. The van der Waals surface area contributed by atoms with Crippen molar-refractivity contribution in [2.45, 2.75) is 12.5 Å². The largest absolute Gasteiger partial charge is 0.465 e. The SMILES string of the molecule is COC(=O)c1ccc(Nc2ccc(C3=NOC(CNC(=O)c4ccc(Cl)s4)C3)cc2)cc1. The quantitative estimate of drug-likeness (QED) is 0.482. The summed E-state index contributed by atoms with van der Waals surface area (Å²) in [6.07, 6.45) is 0.392.